The van der Waals surface area contributed by atoms with Crippen LogP contribution in [0, 0.1) is 5.82 Å². The molecule has 2 aromatic carbocycles. The van der Waals surface area contributed by atoms with Gasteiger partial charge in [0.05, 0.1) is 16.6 Å². The van der Waals surface area contributed by atoms with Gasteiger partial charge in [-0.25, -0.2) is 4.39 Å². The molecule has 22 heavy (non-hydrogen) atoms. The Morgan fingerprint density at radius 1 is 1.32 bits per heavy atom. The Morgan fingerprint density at radius 3 is 2.73 bits per heavy atom. The molecule has 0 aliphatic rings. The van der Waals surface area contributed by atoms with E-state index in [0.717, 1.165) is 10.0 Å². The zero-order valence-corrected chi connectivity index (χ0v) is 14.6. The maximum Gasteiger partial charge on any atom is 0.175 e. The third-order valence-corrected chi connectivity index (χ3v) is 4.04. The molecule has 2 rings (SSSR count). The number of halogens is 3. The summed E-state index contributed by atoms with van der Waals surface area (Å²) in [6.07, 6.45) is 0. The number of hydrogen-bond donors (Lipinski definition) is 1. The van der Waals surface area contributed by atoms with Crippen LogP contribution in [0.3, 0.4) is 0 Å². The van der Waals surface area contributed by atoms with Crippen LogP contribution < -0.4 is 14.8 Å². The van der Waals surface area contributed by atoms with Gasteiger partial charge in [0.2, 0.25) is 0 Å². The van der Waals surface area contributed by atoms with Gasteiger partial charge in [0, 0.05) is 12.1 Å². The predicted molar refractivity (Wildman–Crippen MR) is 89.2 cm³/mol. The maximum absolute atomic E-state index is 13.8. The summed E-state index contributed by atoms with van der Waals surface area (Å²) in [5, 5.41) is 3.41. The Bertz CT molecular complexity index is 647. The normalized spacial score (nSPS) is 10.6. The first-order chi connectivity index (χ1) is 10.6. The standard InChI is InChI=1S/C16H16BrClFNO2/c1-20-8-10-6-12(17)16(15(7-10)21-2)22-9-11-13(18)4-3-5-14(11)19/h3-7,20H,8-9H2,1-2H3. The number of hydrogen-bond acceptors (Lipinski definition) is 3. The van der Waals surface area contributed by atoms with Crippen LogP contribution in [0.5, 0.6) is 11.5 Å². The van der Waals surface area contributed by atoms with Crippen LogP contribution in [0.15, 0.2) is 34.8 Å². The minimum atomic E-state index is -0.394. The molecule has 0 aliphatic heterocycles. The van der Waals surface area contributed by atoms with Gasteiger partial charge in [-0.1, -0.05) is 17.7 Å². The van der Waals surface area contributed by atoms with Gasteiger partial charge in [-0.3, -0.25) is 0 Å². The lowest BCUT2D eigenvalue weighted by Gasteiger charge is -2.15. The molecule has 0 heterocycles. The summed E-state index contributed by atoms with van der Waals surface area (Å²) in [7, 11) is 3.43. The SMILES string of the molecule is CNCc1cc(Br)c(OCc2c(F)cccc2Cl)c(OC)c1. The number of benzene rings is 2. The minimum Gasteiger partial charge on any atom is -0.493 e. The van der Waals surface area contributed by atoms with Crippen molar-refractivity contribution in [2.24, 2.45) is 0 Å². The first kappa shape index (κ1) is 17.1. The molecule has 0 saturated carbocycles. The van der Waals surface area contributed by atoms with E-state index in [9.17, 15) is 4.39 Å². The van der Waals surface area contributed by atoms with E-state index in [-0.39, 0.29) is 6.61 Å². The van der Waals surface area contributed by atoms with E-state index >= 15 is 0 Å². The zero-order chi connectivity index (χ0) is 16.1. The van der Waals surface area contributed by atoms with Gasteiger partial charge in [-0.2, -0.15) is 0 Å². The molecule has 0 aromatic heterocycles. The molecule has 0 spiro atoms. The minimum absolute atomic E-state index is 0.0197. The van der Waals surface area contributed by atoms with Crippen molar-refractivity contribution in [3.05, 3.63) is 56.8 Å². The van der Waals surface area contributed by atoms with Crippen molar-refractivity contribution < 1.29 is 13.9 Å². The van der Waals surface area contributed by atoms with Crippen molar-refractivity contribution in [3.63, 3.8) is 0 Å². The van der Waals surface area contributed by atoms with Crippen molar-refractivity contribution in [3.8, 4) is 11.5 Å². The van der Waals surface area contributed by atoms with Crippen molar-refractivity contribution in [1.82, 2.24) is 5.32 Å². The van der Waals surface area contributed by atoms with Crippen LogP contribution in [0.25, 0.3) is 0 Å². The van der Waals surface area contributed by atoms with E-state index in [1.165, 1.54) is 6.07 Å². The summed E-state index contributed by atoms with van der Waals surface area (Å²) in [4.78, 5) is 0. The second-order valence-corrected chi connectivity index (χ2v) is 5.89. The smallest absolute Gasteiger partial charge is 0.175 e. The molecule has 118 valence electrons. The molecule has 0 unspecified atom stereocenters. The van der Waals surface area contributed by atoms with E-state index in [1.807, 2.05) is 19.2 Å². The Labute approximate surface area is 142 Å². The van der Waals surface area contributed by atoms with Gasteiger partial charge < -0.3 is 14.8 Å². The summed E-state index contributed by atoms with van der Waals surface area (Å²) in [5.41, 5.74) is 1.36. The molecule has 1 N–H and O–H groups in total. The molecular formula is C16H16BrClFNO2. The first-order valence-electron chi connectivity index (χ1n) is 6.63. The van der Waals surface area contributed by atoms with E-state index in [1.54, 1.807) is 19.2 Å². The molecule has 0 aliphatic carbocycles. The van der Waals surface area contributed by atoms with Crippen LogP contribution in [0.2, 0.25) is 5.02 Å². The zero-order valence-electron chi connectivity index (χ0n) is 12.3. The van der Waals surface area contributed by atoms with Gasteiger partial charge in [0.1, 0.15) is 12.4 Å². The second kappa shape index (κ2) is 7.81. The maximum atomic E-state index is 13.8. The number of rotatable bonds is 6. The largest absolute Gasteiger partial charge is 0.493 e. The van der Waals surface area contributed by atoms with Gasteiger partial charge in [0.25, 0.3) is 0 Å². The molecule has 0 amide bonds. The number of nitrogens with one attached hydrogen (secondary N) is 1. The van der Waals surface area contributed by atoms with Crippen molar-refractivity contribution in [2.45, 2.75) is 13.2 Å². The average Bonchev–Trinajstić information content (AvgIpc) is 2.48. The lowest BCUT2D eigenvalue weighted by atomic mass is 10.2. The summed E-state index contributed by atoms with van der Waals surface area (Å²) in [6.45, 7) is 0.722. The topological polar surface area (TPSA) is 30.5 Å². The number of methoxy groups -OCH3 is 1. The molecule has 0 fully saturated rings. The summed E-state index contributed by atoms with van der Waals surface area (Å²) >= 11 is 9.46. The third kappa shape index (κ3) is 3.91. The van der Waals surface area contributed by atoms with Crippen molar-refractivity contribution in [1.29, 1.82) is 0 Å². The summed E-state index contributed by atoms with van der Waals surface area (Å²) in [5.74, 6) is 0.697. The average molecular weight is 389 g/mol. The Balaban J connectivity index is 2.26. The highest BCUT2D eigenvalue weighted by atomic mass is 79.9. The molecule has 2 aromatic rings. The van der Waals surface area contributed by atoms with Crippen LogP contribution >= 0.6 is 27.5 Å². The Morgan fingerprint density at radius 2 is 2.09 bits per heavy atom. The predicted octanol–water partition coefficient (Wildman–Crippen LogP) is 4.55. The lowest BCUT2D eigenvalue weighted by molar-refractivity contribution is 0.277. The van der Waals surface area contributed by atoms with Gasteiger partial charge in [-0.05, 0) is 52.8 Å². The molecule has 3 nitrogen and oxygen atoms in total. The monoisotopic (exact) mass is 387 g/mol. The van der Waals surface area contributed by atoms with E-state index in [4.69, 9.17) is 21.1 Å². The quantitative estimate of drug-likeness (QED) is 0.787. The van der Waals surface area contributed by atoms with E-state index in [0.29, 0.717) is 28.6 Å². The molecular weight excluding hydrogens is 373 g/mol. The molecule has 6 heteroatoms. The van der Waals surface area contributed by atoms with Crippen LogP contribution in [-0.4, -0.2) is 14.2 Å². The van der Waals surface area contributed by atoms with Gasteiger partial charge in [-0.15, -0.1) is 0 Å². The highest BCUT2D eigenvalue weighted by Crippen LogP contribution is 2.37. The fourth-order valence-corrected chi connectivity index (χ4v) is 2.86. The fourth-order valence-electron chi connectivity index (χ4n) is 2.03. The third-order valence-electron chi connectivity index (χ3n) is 3.09. The molecule has 0 saturated heterocycles. The lowest BCUT2D eigenvalue weighted by Crippen LogP contribution is -2.06. The van der Waals surface area contributed by atoms with Gasteiger partial charge in [0.15, 0.2) is 11.5 Å². The first-order valence-corrected chi connectivity index (χ1v) is 7.80. The van der Waals surface area contributed by atoms with Crippen molar-refractivity contribution >= 4 is 27.5 Å². The van der Waals surface area contributed by atoms with Crippen LogP contribution in [-0.2, 0) is 13.2 Å². The Hall–Kier alpha value is -1.30. The van der Waals surface area contributed by atoms with Gasteiger partial charge >= 0.3 is 0 Å². The molecule has 0 radical (unpaired) electrons. The van der Waals surface area contributed by atoms with E-state index < -0.39 is 5.82 Å². The van der Waals surface area contributed by atoms with Crippen LogP contribution in [0.1, 0.15) is 11.1 Å². The highest BCUT2D eigenvalue weighted by Gasteiger charge is 2.14. The van der Waals surface area contributed by atoms with Crippen molar-refractivity contribution in [2.75, 3.05) is 14.2 Å². The second-order valence-electron chi connectivity index (χ2n) is 4.63. The number of ether oxygens (including phenoxy) is 2. The Kier molecular flexibility index (Phi) is 6.06. The molecule has 0 bridgehead atoms. The summed E-state index contributed by atoms with van der Waals surface area (Å²) < 4.78 is 25.6. The van der Waals surface area contributed by atoms with Crippen LogP contribution in [0.4, 0.5) is 4.39 Å². The van der Waals surface area contributed by atoms with E-state index in [2.05, 4.69) is 21.2 Å². The molecule has 0 atom stereocenters. The summed E-state index contributed by atoms with van der Waals surface area (Å²) in [6, 6.07) is 8.35. The highest BCUT2D eigenvalue weighted by molar-refractivity contribution is 9.10. The fraction of sp³-hybridized carbons (Fsp3) is 0.250.